The molecule has 1 rings (SSSR count). The van der Waals surface area contributed by atoms with Crippen LogP contribution in [0.15, 0.2) is 0 Å². The predicted octanol–water partition coefficient (Wildman–Crippen LogP) is -0.319. The molecule has 11 heavy (non-hydrogen) atoms. The van der Waals surface area contributed by atoms with Crippen molar-refractivity contribution in [3.63, 3.8) is 0 Å². The summed E-state index contributed by atoms with van der Waals surface area (Å²) in [6.45, 7) is 1.52. The van der Waals surface area contributed by atoms with Crippen LogP contribution >= 0.6 is 0 Å². The summed E-state index contributed by atoms with van der Waals surface area (Å²) in [7, 11) is 1.47. The molecule has 5 nitrogen and oxygen atoms in total. The third-order valence-corrected chi connectivity index (χ3v) is 1.10. The number of aromatic nitrogens is 3. The third kappa shape index (κ3) is 1.84. The van der Waals surface area contributed by atoms with Gasteiger partial charge in [-0.15, -0.1) is 0 Å². The molecule has 0 saturated heterocycles. The first-order valence-electron chi connectivity index (χ1n) is 3.12. The van der Waals surface area contributed by atoms with E-state index in [1.807, 2.05) is 0 Å². The van der Waals surface area contributed by atoms with Gasteiger partial charge in [0.05, 0.1) is 7.11 Å². The van der Waals surface area contributed by atoms with Crippen LogP contribution in [0.5, 0.6) is 6.01 Å². The topological polar surface area (TPSA) is 68.1 Å². The van der Waals surface area contributed by atoms with Crippen LogP contribution in [-0.4, -0.2) is 27.2 Å². The molecule has 0 saturated carbocycles. The summed E-state index contributed by atoms with van der Waals surface area (Å²) in [5, 5.41) is 8.67. The Hall–Kier alpha value is -1.23. The van der Waals surface area contributed by atoms with Gasteiger partial charge in [-0.3, -0.25) is 0 Å². The number of methoxy groups -OCH3 is 1. The van der Waals surface area contributed by atoms with Gasteiger partial charge in [-0.25, -0.2) is 4.98 Å². The van der Waals surface area contributed by atoms with Gasteiger partial charge < -0.3 is 9.84 Å². The lowest BCUT2D eigenvalue weighted by molar-refractivity contribution is 0.266. The standard InChI is InChI=1S/C6H9N3O2/c1-4-7-5(3-10)9-6(8-4)11-2/h10H,3H2,1-2H3. The number of hydrogen-bond donors (Lipinski definition) is 1. The quantitative estimate of drug-likeness (QED) is 0.634. The van der Waals surface area contributed by atoms with Crippen LogP contribution in [0.25, 0.3) is 0 Å². The van der Waals surface area contributed by atoms with E-state index in [4.69, 9.17) is 9.84 Å². The molecule has 60 valence electrons. The SMILES string of the molecule is COc1nc(C)nc(CO)n1. The molecule has 1 N–H and O–H groups in total. The lowest BCUT2D eigenvalue weighted by Crippen LogP contribution is -2.02. The summed E-state index contributed by atoms with van der Waals surface area (Å²) in [6.07, 6.45) is 0. The number of rotatable bonds is 2. The Bertz CT molecular complexity index is 229. The first-order valence-corrected chi connectivity index (χ1v) is 3.12. The molecule has 1 aromatic heterocycles. The van der Waals surface area contributed by atoms with Crippen molar-refractivity contribution in [2.75, 3.05) is 7.11 Å². The maximum Gasteiger partial charge on any atom is 0.319 e. The number of aliphatic hydroxyl groups excluding tert-OH is 1. The molecule has 0 fully saturated rings. The molecule has 0 radical (unpaired) electrons. The second-order valence-electron chi connectivity index (χ2n) is 1.94. The fraction of sp³-hybridized carbons (Fsp3) is 0.500. The highest BCUT2D eigenvalue weighted by Crippen LogP contribution is 2.01. The van der Waals surface area contributed by atoms with Crippen molar-refractivity contribution >= 4 is 0 Å². The van der Waals surface area contributed by atoms with Gasteiger partial charge >= 0.3 is 6.01 Å². The summed E-state index contributed by atoms with van der Waals surface area (Å²) in [5.74, 6) is 0.871. The molecule has 0 aliphatic heterocycles. The Kier molecular flexibility index (Phi) is 2.32. The van der Waals surface area contributed by atoms with E-state index in [1.165, 1.54) is 7.11 Å². The Balaban J connectivity index is 3.02. The smallest absolute Gasteiger partial charge is 0.319 e. The first kappa shape index (κ1) is 7.87. The molecular weight excluding hydrogens is 146 g/mol. The Morgan fingerprint density at radius 3 is 2.64 bits per heavy atom. The molecule has 1 aromatic rings. The van der Waals surface area contributed by atoms with E-state index in [1.54, 1.807) is 6.92 Å². The Morgan fingerprint density at radius 2 is 2.09 bits per heavy atom. The van der Waals surface area contributed by atoms with Crippen LogP contribution in [0.3, 0.4) is 0 Å². The zero-order chi connectivity index (χ0) is 8.27. The minimum Gasteiger partial charge on any atom is -0.467 e. The van der Waals surface area contributed by atoms with Crippen molar-refractivity contribution in [2.24, 2.45) is 0 Å². The average molecular weight is 155 g/mol. The minimum absolute atomic E-state index is 0.195. The highest BCUT2D eigenvalue weighted by atomic mass is 16.5. The molecule has 0 amide bonds. The lowest BCUT2D eigenvalue weighted by Gasteiger charge is -1.99. The van der Waals surface area contributed by atoms with Gasteiger partial charge in [0.1, 0.15) is 12.4 Å². The van der Waals surface area contributed by atoms with E-state index >= 15 is 0 Å². The molecule has 0 aliphatic rings. The summed E-state index contributed by atoms with van der Waals surface area (Å²) >= 11 is 0. The van der Waals surface area contributed by atoms with Gasteiger partial charge in [-0.05, 0) is 6.92 Å². The van der Waals surface area contributed by atoms with E-state index in [2.05, 4.69) is 15.0 Å². The average Bonchev–Trinajstić information content (AvgIpc) is 2.03. The normalized spacial score (nSPS) is 9.73. The molecule has 0 unspecified atom stereocenters. The van der Waals surface area contributed by atoms with Crippen LogP contribution in [0.1, 0.15) is 11.6 Å². The molecule has 0 bridgehead atoms. The molecular formula is C6H9N3O2. The summed E-state index contributed by atoms with van der Waals surface area (Å²) in [4.78, 5) is 11.5. The summed E-state index contributed by atoms with van der Waals surface area (Å²) < 4.78 is 4.76. The van der Waals surface area contributed by atoms with E-state index in [9.17, 15) is 0 Å². The highest BCUT2D eigenvalue weighted by Gasteiger charge is 2.00. The predicted molar refractivity (Wildman–Crippen MR) is 37.0 cm³/mol. The van der Waals surface area contributed by atoms with Crippen molar-refractivity contribution in [1.29, 1.82) is 0 Å². The fourth-order valence-corrected chi connectivity index (χ4v) is 0.673. The Morgan fingerprint density at radius 1 is 1.36 bits per heavy atom. The van der Waals surface area contributed by atoms with Crippen molar-refractivity contribution in [3.8, 4) is 6.01 Å². The van der Waals surface area contributed by atoms with Gasteiger partial charge in [-0.2, -0.15) is 9.97 Å². The van der Waals surface area contributed by atoms with E-state index in [0.717, 1.165) is 0 Å². The first-order chi connectivity index (χ1) is 5.26. The monoisotopic (exact) mass is 155 g/mol. The zero-order valence-electron chi connectivity index (χ0n) is 6.40. The highest BCUT2D eigenvalue weighted by molar-refractivity contribution is 4.99. The van der Waals surface area contributed by atoms with E-state index < -0.39 is 0 Å². The molecule has 0 spiro atoms. The molecule has 0 atom stereocenters. The minimum atomic E-state index is -0.195. The molecule has 1 heterocycles. The van der Waals surface area contributed by atoms with Crippen molar-refractivity contribution < 1.29 is 9.84 Å². The van der Waals surface area contributed by atoms with E-state index in [-0.39, 0.29) is 12.6 Å². The number of ether oxygens (including phenoxy) is 1. The molecule has 0 aromatic carbocycles. The van der Waals surface area contributed by atoms with Crippen molar-refractivity contribution in [1.82, 2.24) is 15.0 Å². The number of aliphatic hydroxyl groups is 1. The van der Waals surface area contributed by atoms with Crippen LogP contribution in [-0.2, 0) is 6.61 Å². The van der Waals surface area contributed by atoms with Gasteiger partial charge in [0, 0.05) is 0 Å². The van der Waals surface area contributed by atoms with Crippen molar-refractivity contribution in [3.05, 3.63) is 11.6 Å². The number of nitrogens with zero attached hydrogens (tertiary/aromatic N) is 3. The number of aryl methyl sites for hydroxylation is 1. The summed E-state index contributed by atoms with van der Waals surface area (Å²) in [5.41, 5.74) is 0. The maximum atomic E-state index is 8.67. The van der Waals surface area contributed by atoms with Gasteiger partial charge in [-0.1, -0.05) is 0 Å². The maximum absolute atomic E-state index is 8.67. The van der Waals surface area contributed by atoms with Crippen LogP contribution in [0.2, 0.25) is 0 Å². The fourth-order valence-electron chi connectivity index (χ4n) is 0.673. The van der Waals surface area contributed by atoms with Gasteiger partial charge in [0.2, 0.25) is 0 Å². The van der Waals surface area contributed by atoms with Crippen LogP contribution in [0.4, 0.5) is 0 Å². The van der Waals surface area contributed by atoms with E-state index in [0.29, 0.717) is 11.6 Å². The zero-order valence-corrected chi connectivity index (χ0v) is 6.40. The van der Waals surface area contributed by atoms with Crippen LogP contribution in [0, 0.1) is 6.92 Å². The summed E-state index contributed by atoms with van der Waals surface area (Å²) in [6, 6.07) is 0.238. The van der Waals surface area contributed by atoms with Gasteiger partial charge in [0.25, 0.3) is 0 Å². The van der Waals surface area contributed by atoms with Crippen LogP contribution < -0.4 is 4.74 Å². The molecule has 0 aliphatic carbocycles. The molecule has 5 heteroatoms. The lowest BCUT2D eigenvalue weighted by atomic mass is 10.6. The second-order valence-corrected chi connectivity index (χ2v) is 1.94. The van der Waals surface area contributed by atoms with Crippen molar-refractivity contribution in [2.45, 2.75) is 13.5 Å². The third-order valence-electron chi connectivity index (χ3n) is 1.10. The van der Waals surface area contributed by atoms with Gasteiger partial charge in [0.15, 0.2) is 5.82 Å². The Labute approximate surface area is 64.1 Å². The largest absolute Gasteiger partial charge is 0.467 e. The number of hydrogen-bond acceptors (Lipinski definition) is 5. The second kappa shape index (κ2) is 3.25.